The molecule has 0 aromatic heterocycles. The van der Waals surface area contributed by atoms with E-state index in [0.717, 1.165) is 109 Å². The molecule has 6 heteroatoms. The maximum absolute atomic E-state index is 12.8. The first-order valence-electron chi connectivity index (χ1n) is 32.1. The number of ether oxygens (including phenoxy) is 3. The molecule has 0 saturated carbocycles. The van der Waals surface area contributed by atoms with Crippen LogP contribution in [0.25, 0.3) is 0 Å². The molecule has 0 aliphatic heterocycles. The Kier molecular flexibility index (Phi) is 60.3. The van der Waals surface area contributed by atoms with Crippen LogP contribution in [0.5, 0.6) is 0 Å². The number of hydrogen-bond donors (Lipinski definition) is 0. The minimum atomic E-state index is -0.777. The second kappa shape index (κ2) is 63.1. The van der Waals surface area contributed by atoms with Gasteiger partial charge >= 0.3 is 17.9 Å². The predicted octanol–water partition coefficient (Wildman–Crippen LogP) is 21.9. The van der Waals surface area contributed by atoms with Crippen LogP contribution in [-0.4, -0.2) is 37.2 Å². The molecule has 0 aliphatic rings. The maximum Gasteiger partial charge on any atom is 0.306 e. The second-order valence-corrected chi connectivity index (χ2v) is 21.3. The molecule has 0 rings (SSSR count). The molecule has 0 spiro atoms. The SMILES string of the molecule is CC/C=C\C/C=C\C/C=C\C/C=C\C/C=C\C/C=C\CCCCCCCCCCCCCCCCC(=O)OCC(COC(=O)CCCCCCCCCCCCC)OC(=O)CCCCCCC/C=C\CCCCCC. The van der Waals surface area contributed by atoms with Gasteiger partial charge in [0.15, 0.2) is 6.10 Å². The monoisotopic (exact) mass is 1040 g/mol. The van der Waals surface area contributed by atoms with Crippen LogP contribution < -0.4 is 0 Å². The third-order valence-corrected chi connectivity index (χ3v) is 13.9. The van der Waals surface area contributed by atoms with E-state index in [-0.39, 0.29) is 31.1 Å². The lowest BCUT2D eigenvalue weighted by Gasteiger charge is -2.18. The molecule has 75 heavy (non-hydrogen) atoms. The van der Waals surface area contributed by atoms with Crippen LogP contribution in [0.3, 0.4) is 0 Å². The highest BCUT2D eigenvalue weighted by atomic mass is 16.6. The summed E-state index contributed by atoms with van der Waals surface area (Å²) in [6, 6.07) is 0. The van der Waals surface area contributed by atoms with Crippen molar-refractivity contribution in [3.05, 3.63) is 85.1 Å². The Labute approximate surface area is 465 Å². The Balaban J connectivity index is 4.11. The van der Waals surface area contributed by atoms with Gasteiger partial charge in [-0.25, -0.2) is 0 Å². The second-order valence-electron chi connectivity index (χ2n) is 21.3. The van der Waals surface area contributed by atoms with Crippen molar-refractivity contribution in [2.24, 2.45) is 0 Å². The van der Waals surface area contributed by atoms with E-state index < -0.39 is 6.10 Å². The first-order chi connectivity index (χ1) is 37.0. The zero-order chi connectivity index (χ0) is 54.3. The van der Waals surface area contributed by atoms with Gasteiger partial charge in [0.05, 0.1) is 0 Å². The summed E-state index contributed by atoms with van der Waals surface area (Å²) >= 11 is 0. The summed E-state index contributed by atoms with van der Waals surface area (Å²) in [5.41, 5.74) is 0. The number of esters is 3. The van der Waals surface area contributed by atoms with E-state index in [4.69, 9.17) is 14.2 Å². The molecular weight excluding hydrogens is 925 g/mol. The molecule has 0 aromatic carbocycles. The van der Waals surface area contributed by atoms with Crippen LogP contribution in [0.1, 0.15) is 316 Å². The molecule has 0 amide bonds. The van der Waals surface area contributed by atoms with E-state index in [1.807, 2.05) is 0 Å². The normalized spacial score (nSPS) is 12.6. The van der Waals surface area contributed by atoms with Gasteiger partial charge in [-0.1, -0.05) is 286 Å². The number of carbonyl (C=O) groups is 3. The van der Waals surface area contributed by atoms with Gasteiger partial charge in [0, 0.05) is 19.3 Å². The molecule has 0 heterocycles. The lowest BCUT2D eigenvalue weighted by Crippen LogP contribution is -2.30. The highest BCUT2D eigenvalue weighted by molar-refractivity contribution is 5.71. The quantitative estimate of drug-likeness (QED) is 0.0261. The fraction of sp³-hybridized carbons (Fsp3) is 0.754. The van der Waals surface area contributed by atoms with Gasteiger partial charge in [0.1, 0.15) is 13.2 Å². The highest BCUT2D eigenvalue weighted by Gasteiger charge is 2.19. The Morgan fingerprint density at radius 1 is 0.280 bits per heavy atom. The average molecular weight is 1050 g/mol. The smallest absolute Gasteiger partial charge is 0.306 e. The Morgan fingerprint density at radius 2 is 0.520 bits per heavy atom. The standard InChI is InChI=1S/C69H120O6/c1-4-7-10-13-16-19-22-24-25-26-27-28-29-30-31-32-33-34-35-36-37-38-39-40-41-42-43-45-47-50-53-56-59-62-68(71)74-65-66(64-73-67(70)61-58-55-52-49-46-21-18-15-12-9-6-3)75-69(72)63-60-57-54-51-48-44-23-20-17-14-11-8-5-2/h7,10,16,19-20,23-25,27-28,30-31,33-34,66H,4-6,8-9,11-15,17-18,21-22,26,29,32,35-65H2,1-3H3/b10-7-,19-16-,23-20-,25-24-,28-27-,31-30-,34-33-. The maximum atomic E-state index is 12.8. The van der Waals surface area contributed by atoms with Crippen LogP contribution in [0.15, 0.2) is 85.1 Å². The molecule has 1 unspecified atom stereocenters. The van der Waals surface area contributed by atoms with E-state index in [2.05, 4.69) is 106 Å². The first-order valence-corrected chi connectivity index (χ1v) is 32.1. The Bertz CT molecular complexity index is 1430. The summed E-state index contributed by atoms with van der Waals surface area (Å²) in [6.07, 6.45) is 83.2. The van der Waals surface area contributed by atoms with Gasteiger partial charge in [-0.2, -0.15) is 0 Å². The van der Waals surface area contributed by atoms with Gasteiger partial charge in [-0.3, -0.25) is 14.4 Å². The van der Waals surface area contributed by atoms with Crippen LogP contribution >= 0.6 is 0 Å². The van der Waals surface area contributed by atoms with Gasteiger partial charge < -0.3 is 14.2 Å². The zero-order valence-electron chi connectivity index (χ0n) is 49.6. The van der Waals surface area contributed by atoms with Crippen molar-refractivity contribution >= 4 is 17.9 Å². The third-order valence-electron chi connectivity index (χ3n) is 13.9. The van der Waals surface area contributed by atoms with E-state index in [9.17, 15) is 14.4 Å². The van der Waals surface area contributed by atoms with E-state index in [1.54, 1.807) is 0 Å². The topological polar surface area (TPSA) is 78.9 Å². The molecule has 1 atom stereocenters. The largest absolute Gasteiger partial charge is 0.462 e. The minimum absolute atomic E-state index is 0.0751. The van der Waals surface area contributed by atoms with Crippen molar-refractivity contribution in [3.8, 4) is 0 Å². The Hall–Kier alpha value is -3.41. The Morgan fingerprint density at radius 3 is 0.840 bits per heavy atom. The summed E-state index contributed by atoms with van der Waals surface area (Å²) in [5, 5.41) is 0. The van der Waals surface area contributed by atoms with Gasteiger partial charge in [-0.05, 0) is 96.3 Å². The molecule has 0 bridgehead atoms. The minimum Gasteiger partial charge on any atom is -0.462 e. The molecule has 0 aromatic rings. The van der Waals surface area contributed by atoms with E-state index in [1.165, 1.54) is 167 Å². The highest BCUT2D eigenvalue weighted by Crippen LogP contribution is 2.16. The first kappa shape index (κ1) is 71.6. The summed E-state index contributed by atoms with van der Waals surface area (Å²) < 4.78 is 16.9. The molecule has 0 aliphatic carbocycles. The molecular formula is C69H120O6. The van der Waals surface area contributed by atoms with Crippen LogP contribution in [0, 0.1) is 0 Å². The third kappa shape index (κ3) is 61.3. The lowest BCUT2D eigenvalue weighted by molar-refractivity contribution is -0.167. The van der Waals surface area contributed by atoms with Crippen molar-refractivity contribution in [1.29, 1.82) is 0 Å². The fourth-order valence-corrected chi connectivity index (χ4v) is 9.09. The lowest BCUT2D eigenvalue weighted by atomic mass is 10.0. The molecule has 432 valence electrons. The average Bonchev–Trinajstić information content (AvgIpc) is 3.41. The molecule has 0 N–H and O–H groups in total. The van der Waals surface area contributed by atoms with Gasteiger partial charge in [0.25, 0.3) is 0 Å². The van der Waals surface area contributed by atoms with Crippen LogP contribution in [0.4, 0.5) is 0 Å². The van der Waals surface area contributed by atoms with Crippen molar-refractivity contribution in [3.63, 3.8) is 0 Å². The number of rotatable bonds is 58. The predicted molar refractivity (Wildman–Crippen MR) is 325 cm³/mol. The van der Waals surface area contributed by atoms with Gasteiger partial charge in [0.2, 0.25) is 0 Å². The van der Waals surface area contributed by atoms with E-state index >= 15 is 0 Å². The zero-order valence-corrected chi connectivity index (χ0v) is 49.6. The molecule has 6 nitrogen and oxygen atoms in total. The summed E-state index contributed by atoms with van der Waals surface area (Å²) in [7, 11) is 0. The number of unbranched alkanes of at least 4 members (excludes halogenated alkanes) is 33. The van der Waals surface area contributed by atoms with Crippen molar-refractivity contribution in [1.82, 2.24) is 0 Å². The van der Waals surface area contributed by atoms with Crippen LogP contribution in [-0.2, 0) is 28.6 Å². The summed E-state index contributed by atoms with van der Waals surface area (Å²) in [4.78, 5) is 38.1. The fourth-order valence-electron chi connectivity index (χ4n) is 9.09. The molecule has 0 saturated heterocycles. The molecule has 0 fully saturated rings. The van der Waals surface area contributed by atoms with Crippen molar-refractivity contribution in [2.45, 2.75) is 322 Å². The number of carbonyl (C=O) groups excluding carboxylic acids is 3. The van der Waals surface area contributed by atoms with Gasteiger partial charge in [-0.15, -0.1) is 0 Å². The van der Waals surface area contributed by atoms with Crippen LogP contribution in [0.2, 0.25) is 0 Å². The van der Waals surface area contributed by atoms with Crippen molar-refractivity contribution < 1.29 is 28.6 Å². The summed E-state index contributed by atoms with van der Waals surface area (Å²) in [5.74, 6) is -0.874. The summed E-state index contributed by atoms with van der Waals surface area (Å²) in [6.45, 7) is 6.52. The molecule has 0 radical (unpaired) electrons. The number of allylic oxidation sites excluding steroid dienone is 14. The van der Waals surface area contributed by atoms with Crippen molar-refractivity contribution in [2.75, 3.05) is 13.2 Å². The number of hydrogen-bond acceptors (Lipinski definition) is 6. The van der Waals surface area contributed by atoms with E-state index in [0.29, 0.717) is 19.3 Å².